The van der Waals surface area contributed by atoms with E-state index in [0.717, 1.165) is 23.5 Å². The van der Waals surface area contributed by atoms with Crippen molar-refractivity contribution in [3.63, 3.8) is 0 Å². The Morgan fingerprint density at radius 2 is 1.74 bits per heavy atom. The van der Waals surface area contributed by atoms with E-state index in [0.29, 0.717) is 29.3 Å². The Labute approximate surface area is 238 Å². The van der Waals surface area contributed by atoms with Gasteiger partial charge in [0.15, 0.2) is 0 Å². The van der Waals surface area contributed by atoms with E-state index in [1.54, 1.807) is 0 Å². The first kappa shape index (κ1) is 28.3. The zero-order chi connectivity index (χ0) is 28.1. The van der Waals surface area contributed by atoms with Crippen molar-refractivity contribution < 1.29 is 14.7 Å². The maximum Gasteiger partial charge on any atom is 0.303 e. The SMILES string of the molecule is Cc1c(C(=O)NC2CC(CC(=O)O)C2)c(Cl)c(-c2cc(C(C)(C)C)cc(C3(C)CC3)c2)n1CC1CCCCC1. The van der Waals surface area contributed by atoms with Crippen LogP contribution in [0.4, 0.5) is 0 Å². The first-order valence-electron chi connectivity index (χ1n) is 14.9. The fourth-order valence-corrected chi connectivity index (χ4v) is 7.08. The van der Waals surface area contributed by atoms with Gasteiger partial charge in [0.1, 0.15) is 0 Å². The lowest BCUT2D eigenvalue weighted by Crippen LogP contribution is -2.45. The molecule has 39 heavy (non-hydrogen) atoms. The van der Waals surface area contributed by atoms with Gasteiger partial charge < -0.3 is 15.0 Å². The first-order chi connectivity index (χ1) is 18.4. The van der Waals surface area contributed by atoms with Gasteiger partial charge in [0.25, 0.3) is 5.91 Å². The van der Waals surface area contributed by atoms with E-state index in [4.69, 9.17) is 16.7 Å². The second-order valence-corrected chi connectivity index (χ2v) is 14.3. The smallest absolute Gasteiger partial charge is 0.303 e. The summed E-state index contributed by atoms with van der Waals surface area (Å²) in [7, 11) is 0. The molecule has 0 radical (unpaired) electrons. The number of carboxylic acid groups (broad SMARTS) is 1. The number of carboxylic acids is 1. The third kappa shape index (κ3) is 5.94. The van der Waals surface area contributed by atoms with E-state index in [9.17, 15) is 9.59 Å². The highest BCUT2D eigenvalue weighted by molar-refractivity contribution is 6.36. The first-order valence-corrected chi connectivity index (χ1v) is 15.3. The minimum Gasteiger partial charge on any atom is -0.481 e. The van der Waals surface area contributed by atoms with Gasteiger partial charge in [0.05, 0.1) is 16.3 Å². The van der Waals surface area contributed by atoms with Crippen LogP contribution in [0.15, 0.2) is 18.2 Å². The lowest BCUT2D eigenvalue weighted by atomic mass is 9.78. The van der Waals surface area contributed by atoms with Gasteiger partial charge in [0, 0.05) is 30.3 Å². The molecule has 3 fully saturated rings. The van der Waals surface area contributed by atoms with Crippen LogP contribution in [0.25, 0.3) is 11.3 Å². The summed E-state index contributed by atoms with van der Waals surface area (Å²) in [5.41, 5.74) is 6.47. The molecular formula is C33H45ClN2O3. The Hall–Kier alpha value is -2.27. The molecule has 0 saturated heterocycles. The average molecular weight is 553 g/mol. The van der Waals surface area contributed by atoms with E-state index in [1.165, 1.54) is 56.1 Å². The van der Waals surface area contributed by atoms with Gasteiger partial charge in [-0.25, -0.2) is 0 Å². The van der Waals surface area contributed by atoms with Gasteiger partial charge >= 0.3 is 5.97 Å². The molecule has 5 nitrogen and oxygen atoms in total. The second kappa shape index (κ2) is 10.6. The predicted octanol–water partition coefficient (Wildman–Crippen LogP) is 8.03. The van der Waals surface area contributed by atoms with Crippen LogP contribution >= 0.6 is 11.6 Å². The quantitative estimate of drug-likeness (QED) is 0.348. The van der Waals surface area contributed by atoms with Gasteiger partial charge in [-0.05, 0) is 91.4 Å². The zero-order valence-corrected chi connectivity index (χ0v) is 25.1. The van der Waals surface area contributed by atoms with Crippen LogP contribution in [-0.4, -0.2) is 27.6 Å². The van der Waals surface area contributed by atoms with Gasteiger partial charge in [-0.15, -0.1) is 0 Å². The van der Waals surface area contributed by atoms with Crippen molar-refractivity contribution >= 4 is 23.5 Å². The van der Waals surface area contributed by atoms with Crippen LogP contribution < -0.4 is 5.32 Å². The van der Waals surface area contributed by atoms with E-state index in [2.05, 4.69) is 55.8 Å². The highest BCUT2D eigenvalue weighted by atomic mass is 35.5. The number of carbonyl (C=O) groups excluding carboxylic acids is 1. The molecule has 3 aliphatic carbocycles. The number of nitrogens with zero attached hydrogens (tertiary/aromatic N) is 1. The van der Waals surface area contributed by atoms with Gasteiger partial charge in [-0.1, -0.05) is 64.6 Å². The maximum atomic E-state index is 13.6. The standard InChI is InChI=1S/C33H45ClN2O3/c1-20-28(31(39)35-26-13-22(14-26)15-27(37)38)29(34)30(36(20)19-21-9-7-6-8-10-21)23-16-24(32(2,3)4)18-25(17-23)33(5)11-12-33/h16-18,21-22,26H,6-15,19H2,1-5H3,(H,35,39)(H,37,38). The number of nitrogens with one attached hydrogen (secondary N) is 1. The number of hydrogen-bond acceptors (Lipinski definition) is 2. The molecular weight excluding hydrogens is 508 g/mol. The molecule has 1 aromatic carbocycles. The van der Waals surface area contributed by atoms with E-state index >= 15 is 0 Å². The van der Waals surface area contributed by atoms with E-state index in [1.807, 2.05) is 6.92 Å². The molecule has 0 unspecified atom stereocenters. The summed E-state index contributed by atoms with van der Waals surface area (Å²) < 4.78 is 2.34. The Morgan fingerprint density at radius 3 is 2.33 bits per heavy atom. The molecule has 3 saturated carbocycles. The Kier molecular flexibility index (Phi) is 7.69. The molecule has 1 amide bonds. The number of halogens is 1. The topological polar surface area (TPSA) is 71.3 Å². The maximum absolute atomic E-state index is 13.6. The second-order valence-electron chi connectivity index (χ2n) is 14.0. The number of aromatic nitrogens is 1. The lowest BCUT2D eigenvalue weighted by molar-refractivity contribution is -0.138. The zero-order valence-electron chi connectivity index (χ0n) is 24.3. The van der Waals surface area contributed by atoms with Crippen molar-refractivity contribution in [1.82, 2.24) is 9.88 Å². The fraction of sp³-hybridized carbons (Fsp3) is 0.636. The molecule has 1 heterocycles. The highest BCUT2D eigenvalue weighted by Gasteiger charge is 2.40. The minimum absolute atomic E-state index is 0.00472. The molecule has 0 bridgehead atoms. The number of amides is 1. The van der Waals surface area contributed by atoms with Crippen molar-refractivity contribution in [3.8, 4) is 11.3 Å². The fourth-order valence-electron chi connectivity index (χ4n) is 6.65. The van der Waals surface area contributed by atoms with Gasteiger partial charge in [0.2, 0.25) is 0 Å². The monoisotopic (exact) mass is 552 g/mol. The highest BCUT2D eigenvalue weighted by Crippen LogP contribution is 2.50. The third-order valence-electron chi connectivity index (χ3n) is 9.66. The Morgan fingerprint density at radius 1 is 1.08 bits per heavy atom. The van der Waals surface area contributed by atoms with Crippen LogP contribution in [0.3, 0.4) is 0 Å². The van der Waals surface area contributed by atoms with Crippen molar-refractivity contribution in [1.29, 1.82) is 0 Å². The number of carbonyl (C=O) groups is 2. The number of benzene rings is 1. The van der Waals surface area contributed by atoms with Crippen LogP contribution in [-0.2, 0) is 22.2 Å². The molecule has 0 spiro atoms. The summed E-state index contributed by atoms with van der Waals surface area (Å²) in [4.78, 5) is 24.7. The summed E-state index contributed by atoms with van der Waals surface area (Å²) in [6, 6.07) is 7.00. The van der Waals surface area contributed by atoms with Gasteiger partial charge in [-0.3, -0.25) is 9.59 Å². The molecule has 3 aliphatic rings. The van der Waals surface area contributed by atoms with Crippen LogP contribution in [0.5, 0.6) is 0 Å². The van der Waals surface area contributed by atoms with Gasteiger partial charge in [-0.2, -0.15) is 0 Å². The molecule has 2 aromatic rings. The molecule has 0 atom stereocenters. The molecule has 5 rings (SSSR count). The Bertz CT molecular complexity index is 1230. The van der Waals surface area contributed by atoms with Crippen molar-refractivity contribution in [3.05, 3.63) is 45.6 Å². The molecule has 6 heteroatoms. The molecule has 212 valence electrons. The van der Waals surface area contributed by atoms with Crippen molar-refractivity contribution in [2.45, 2.75) is 122 Å². The summed E-state index contributed by atoms with van der Waals surface area (Å²) in [6.45, 7) is 12.0. The van der Waals surface area contributed by atoms with Crippen LogP contribution in [0, 0.1) is 18.8 Å². The number of aliphatic carboxylic acids is 1. The number of hydrogen-bond donors (Lipinski definition) is 2. The van der Waals surface area contributed by atoms with E-state index in [-0.39, 0.29) is 35.1 Å². The van der Waals surface area contributed by atoms with Crippen LogP contribution in [0.1, 0.15) is 119 Å². The third-order valence-corrected chi connectivity index (χ3v) is 10.0. The molecule has 1 aromatic heterocycles. The van der Waals surface area contributed by atoms with Crippen molar-refractivity contribution in [2.75, 3.05) is 0 Å². The minimum atomic E-state index is -0.773. The molecule has 0 aliphatic heterocycles. The summed E-state index contributed by atoms with van der Waals surface area (Å²) >= 11 is 7.21. The largest absolute Gasteiger partial charge is 0.481 e. The molecule has 2 N–H and O–H groups in total. The normalized spacial score (nSPS) is 22.8. The predicted molar refractivity (Wildman–Crippen MR) is 158 cm³/mol. The summed E-state index contributed by atoms with van der Waals surface area (Å²) in [5, 5.41) is 12.8. The summed E-state index contributed by atoms with van der Waals surface area (Å²) in [6.07, 6.45) is 10.3. The van der Waals surface area contributed by atoms with E-state index < -0.39 is 5.97 Å². The van der Waals surface area contributed by atoms with Crippen LogP contribution in [0.2, 0.25) is 5.02 Å². The Balaban J connectivity index is 1.54. The number of rotatable bonds is 8. The van der Waals surface area contributed by atoms with Crippen molar-refractivity contribution in [2.24, 2.45) is 11.8 Å². The lowest BCUT2D eigenvalue weighted by Gasteiger charge is -2.34. The average Bonchev–Trinajstić information content (AvgIpc) is 3.55. The summed E-state index contributed by atoms with van der Waals surface area (Å²) in [5.74, 6) is -0.185.